The first-order chi connectivity index (χ1) is 9.97. The molecule has 0 aliphatic heterocycles. The molecule has 0 spiro atoms. The number of hydrogen-bond acceptors (Lipinski definition) is 5. The van der Waals surface area contributed by atoms with Crippen LogP contribution in [0.4, 0.5) is 5.69 Å². The zero-order valence-corrected chi connectivity index (χ0v) is 10.6. The van der Waals surface area contributed by atoms with Gasteiger partial charge in [0.1, 0.15) is 5.76 Å². The van der Waals surface area contributed by atoms with Crippen molar-refractivity contribution in [2.24, 2.45) is 0 Å². The lowest BCUT2D eigenvalue weighted by Crippen LogP contribution is -2.22. The van der Waals surface area contributed by atoms with Crippen LogP contribution in [0.2, 0.25) is 0 Å². The summed E-state index contributed by atoms with van der Waals surface area (Å²) in [5.74, 6) is -1.56. The van der Waals surface area contributed by atoms with Gasteiger partial charge in [0.25, 0.3) is 11.6 Å². The third-order valence-electron chi connectivity index (χ3n) is 2.64. The van der Waals surface area contributed by atoms with E-state index in [1.54, 1.807) is 0 Å². The summed E-state index contributed by atoms with van der Waals surface area (Å²) in [7, 11) is 0. The van der Waals surface area contributed by atoms with Crippen LogP contribution in [0, 0.1) is 10.1 Å². The highest BCUT2D eigenvalue weighted by Crippen LogP contribution is 2.12. The molecule has 2 N–H and O–H groups in total. The number of aromatic carboxylic acids is 1. The summed E-state index contributed by atoms with van der Waals surface area (Å²) in [6.45, 7) is 0.0170. The molecule has 8 nitrogen and oxygen atoms in total. The second kappa shape index (κ2) is 5.87. The van der Waals surface area contributed by atoms with Crippen LogP contribution >= 0.6 is 0 Å². The Morgan fingerprint density at radius 1 is 1.19 bits per heavy atom. The molecule has 1 amide bonds. The van der Waals surface area contributed by atoms with Crippen LogP contribution in [0.3, 0.4) is 0 Å². The molecule has 108 valence electrons. The van der Waals surface area contributed by atoms with Crippen molar-refractivity contribution in [1.29, 1.82) is 0 Å². The standard InChI is InChI=1S/C13H10N2O6/c16-12(8-1-3-9(4-2-8)15(19)20)14-7-10-5-6-11(21-10)13(17)18/h1-6H,7H2,(H,14,16)(H,17,18). The molecule has 0 aliphatic rings. The van der Waals surface area contributed by atoms with Crippen LogP contribution in [0.1, 0.15) is 26.7 Å². The Labute approximate surface area is 118 Å². The Kier molecular flexibility index (Phi) is 3.98. The molecule has 1 heterocycles. The summed E-state index contributed by atoms with van der Waals surface area (Å²) in [6.07, 6.45) is 0. The van der Waals surface area contributed by atoms with Gasteiger partial charge in [-0.05, 0) is 24.3 Å². The number of nitrogens with one attached hydrogen (secondary N) is 1. The smallest absolute Gasteiger partial charge is 0.371 e. The van der Waals surface area contributed by atoms with Gasteiger partial charge in [0, 0.05) is 17.7 Å². The largest absolute Gasteiger partial charge is 0.475 e. The fraction of sp³-hybridized carbons (Fsp3) is 0.0769. The Balaban J connectivity index is 1.97. The summed E-state index contributed by atoms with van der Waals surface area (Å²) >= 11 is 0. The number of nitro groups is 1. The zero-order chi connectivity index (χ0) is 15.4. The van der Waals surface area contributed by atoms with Crippen molar-refractivity contribution in [3.63, 3.8) is 0 Å². The van der Waals surface area contributed by atoms with Crippen LogP contribution in [-0.2, 0) is 6.54 Å². The minimum Gasteiger partial charge on any atom is -0.475 e. The lowest BCUT2D eigenvalue weighted by Gasteiger charge is -2.03. The van der Waals surface area contributed by atoms with E-state index < -0.39 is 16.8 Å². The first-order valence-electron chi connectivity index (χ1n) is 5.82. The molecule has 0 bridgehead atoms. The SMILES string of the molecule is O=C(NCc1ccc(C(=O)O)o1)c1ccc([N+](=O)[O-])cc1. The number of carbonyl (C=O) groups is 2. The number of carboxylic acid groups (broad SMARTS) is 1. The maximum Gasteiger partial charge on any atom is 0.371 e. The van der Waals surface area contributed by atoms with Gasteiger partial charge in [-0.3, -0.25) is 14.9 Å². The van der Waals surface area contributed by atoms with Crippen molar-refractivity contribution >= 4 is 17.6 Å². The van der Waals surface area contributed by atoms with Crippen LogP contribution in [0.25, 0.3) is 0 Å². The Bertz CT molecular complexity index is 689. The van der Waals surface area contributed by atoms with Gasteiger partial charge in [-0.15, -0.1) is 0 Å². The van der Waals surface area contributed by atoms with E-state index in [1.807, 2.05) is 0 Å². The third kappa shape index (κ3) is 3.44. The second-order valence-corrected chi connectivity index (χ2v) is 4.06. The zero-order valence-electron chi connectivity index (χ0n) is 10.6. The van der Waals surface area contributed by atoms with Crippen molar-refractivity contribution in [3.05, 3.63) is 63.6 Å². The van der Waals surface area contributed by atoms with Gasteiger partial charge in [0.15, 0.2) is 0 Å². The average Bonchev–Trinajstić information content (AvgIpc) is 2.94. The number of rotatable bonds is 5. The molecule has 0 fully saturated rings. The van der Waals surface area contributed by atoms with Crippen LogP contribution in [0.5, 0.6) is 0 Å². The Hall–Kier alpha value is -3.16. The highest BCUT2D eigenvalue weighted by Gasteiger charge is 2.12. The highest BCUT2D eigenvalue weighted by atomic mass is 16.6. The molecular weight excluding hydrogens is 280 g/mol. The summed E-state index contributed by atoms with van der Waals surface area (Å²) in [6, 6.07) is 7.85. The molecule has 1 aromatic carbocycles. The summed E-state index contributed by atoms with van der Waals surface area (Å²) in [5, 5.41) is 21.7. The van der Waals surface area contributed by atoms with Crippen molar-refractivity contribution in [2.45, 2.75) is 6.54 Å². The molecule has 1 aromatic heterocycles. The molecule has 0 atom stereocenters. The molecule has 8 heteroatoms. The molecule has 21 heavy (non-hydrogen) atoms. The van der Waals surface area contributed by atoms with E-state index in [0.717, 1.165) is 0 Å². The fourth-order valence-corrected chi connectivity index (χ4v) is 1.59. The van der Waals surface area contributed by atoms with Gasteiger partial charge in [-0.2, -0.15) is 0 Å². The van der Waals surface area contributed by atoms with Crippen LogP contribution < -0.4 is 5.32 Å². The Morgan fingerprint density at radius 2 is 1.86 bits per heavy atom. The first kappa shape index (κ1) is 14.3. The van der Waals surface area contributed by atoms with Crippen molar-refractivity contribution in [1.82, 2.24) is 5.32 Å². The minimum atomic E-state index is -1.19. The van der Waals surface area contributed by atoms with Gasteiger partial charge in [0.2, 0.25) is 5.76 Å². The van der Waals surface area contributed by atoms with Gasteiger partial charge in [0.05, 0.1) is 11.5 Å². The van der Waals surface area contributed by atoms with E-state index >= 15 is 0 Å². The van der Waals surface area contributed by atoms with Crippen LogP contribution in [-0.4, -0.2) is 21.9 Å². The minimum absolute atomic E-state index is 0.0170. The maximum absolute atomic E-state index is 11.8. The topological polar surface area (TPSA) is 123 Å². The van der Waals surface area contributed by atoms with E-state index in [1.165, 1.54) is 36.4 Å². The highest BCUT2D eigenvalue weighted by molar-refractivity contribution is 5.94. The van der Waals surface area contributed by atoms with Gasteiger partial charge >= 0.3 is 5.97 Å². The number of nitro benzene ring substituents is 1. The fourth-order valence-electron chi connectivity index (χ4n) is 1.59. The first-order valence-corrected chi connectivity index (χ1v) is 5.82. The number of hydrogen-bond donors (Lipinski definition) is 2. The van der Waals surface area contributed by atoms with E-state index in [9.17, 15) is 19.7 Å². The van der Waals surface area contributed by atoms with E-state index in [2.05, 4.69) is 5.32 Å². The molecule has 0 saturated heterocycles. The normalized spacial score (nSPS) is 10.1. The van der Waals surface area contributed by atoms with Crippen molar-refractivity contribution < 1.29 is 24.0 Å². The predicted octanol–water partition coefficient (Wildman–Crippen LogP) is 1.82. The van der Waals surface area contributed by atoms with Crippen molar-refractivity contribution in [3.8, 4) is 0 Å². The number of furan rings is 1. The predicted molar refractivity (Wildman–Crippen MR) is 69.9 cm³/mol. The molecule has 2 aromatic rings. The lowest BCUT2D eigenvalue weighted by atomic mass is 10.2. The van der Waals surface area contributed by atoms with Gasteiger partial charge < -0.3 is 14.8 Å². The summed E-state index contributed by atoms with van der Waals surface area (Å²) < 4.78 is 4.98. The van der Waals surface area contributed by atoms with Gasteiger partial charge in [-0.1, -0.05) is 0 Å². The second-order valence-electron chi connectivity index (χ2n) is 4.06. The van der Waals surface area contributed by atoms with Gasteiger partial charge in [-0.25, -0.2) is 4.79 Å². The monoisotopic (exact) mass is 290 g/mol. The summed E-state index contributed by atoms with van der Waals surface area (Å²) in [4.78, 5) is 32.4. The number of amides is 1. The lowest BCUT2D eigenvalue weighted by molar-refractivity contribution is -0.384. The molecule has 0 unspecified atom stereocenters. The third-order valence-corrected chi connectivity index (χ3v) is 2.64. The molecule has 0 saturated carbocycles. The number of carbonyl (C=O) groups excluding carboxylic acids is 1. The maximum atomic E-state index is 11.8. The van der Waals surface area contributed by atoms with Crippen LogP contribution in [0.15, 0.2) is 40.8 Å². The van der Waals surface area contributed by atoms with E-state index in [4.69, 9.17) is 9.52 Å². The van der Waals surface area contributed by atoms with E-state index in [0.29, 0.717) is 5.76 Å². The number of nitrogens with zero attached hydrogens (tertiary/aromatic N) is 1. The number of non-ortho nitro benzene ring substituents is 1. The van der Waals surface area contributed by atoms with E-state index in [-0.39, 0.29) is 23.6 Å². The Morgan fingerprint density at radius 3 is 2.38 bits per heavy atom. The molecule has 0 aliphatic carbocycles. The number of benzene rings is 1. The summed E-state index contributed by atoms with van der Waals surface area (Å²) in [5.41, 5.74) is 0.147. The van der Waals surface area contributed by atoms with Crippen molar-refractivity contribution in [2.75, 3.05) is 0 Å². The molecule has 0 radical (unpaired) electrons. The average molecular weight is 290 g/mol. The number of carboxylic acids is 1. The molecule has 2 rings (SSSR count). The quantitative estimate of drug-likeness (QED) is 0.639. The molecular formula is C13H10N2O6.